The summed E-state index contributed by atoms with van der Waals surface area (Å²) in [5, 5.41) is 0. The maximum atomic E-state index is 13.0. The van der Waals surface area contributed by atoms with Crippen molar-refractivity contribution in [3.63, 3.8) is 0 Å². The van der Waals surface area contributed by atoms with Crippen LogP contribution in [0.3, 0.4) is 0 Å². The van der Waals surface area contributed by atoms with Crippen LogP contribution in [0.2, 0.25) is 0 Å². The molecule has 0 aliphatic carbocycles. The van der Waals surface area contributed by atoms with Gasteiger partial charge >= 0.3 is 0 Å². The van der Waals surface area contributed by atoms with Crippen LogP contribution < -0.4 is 15.2 Å². The summed E-state index contributed by atoms with van der Waals surface area (Å²) in [7, 11) is -3.85. The minimum absolute atomic E-state index is 0.0231. The van der Waals surface area contributed by atoms with Crippen LogP contribution in [0.25, 0.3) is 0 Å². The van der Waals surface area contributed by atoms with Crippen molar-refractivity contribution in [2.75, 3.05) is 26.4 Å². The van der Waals surface area contributed by atoms with Crippen LogP contribution in [-0.2, 0) is 20.2 Å². The molecule has 3 rings (SSSR count). The van der Waals surface area contributed by atoms with Crippen LogP contribution >= 0.6 is 0 Å². The van der Waals surface area contributed by atoms with Crippen molar-refractivity contribution in [1.29, 1.82) is 0 Å². The maximum absolute atomic E-state index is 13.0. The Balaban J connectivity index is 1.86. The third kappa shape index (κ3) is 4.77. The molecule has 2 aromatic rings. The fourth-order valence-electron chi connectivity index (χ4n) is 3.59. The summed E-state index contributed by atoms with van der Waals surface area (Å²) in [6.45, 7) is 3.50. The number of primary amides is 1. The van der Waals surface area contributed by atoms with Crippen molar-refractivity contribution in [3.05, 3.63) is 59.7 Å². The fraction of sp³-hybridized carbons (Fsp3) is 0.381. The zero-order valence-electron chi connectivity index (χ0n) is 16.4. The molecule has 1 amide bonds. The van der Waals surface area contributed by atoms with Gasteiger partial charge in [0.15, 0.2) is 0 Å². The fourth-order valence-corrected chi connectivity index (χ4v) is 4.74. The van der Waals surface area contributed by atoms with Gasteiger partial charge in [-0.05, 0) is 43.5 Å². The average Bonchev–Trinajstić information content (AvgIpc) is 2.74. The molecule has 3 N–H and O–H groups in total. The van der Waals surface area contributed by atoms with Gasteiger partial charge in [0.25, 0.3) is 5.91 Å². The molecular formula is C21H26N2O5S. The Morgan fingerprint density at radius 3 is 2.48 bits per heavy atom. The highest BCUT2D eigenvalue weighted by molar-refractivity contribution is 7.89. The Hall–Kier alpha value is -2.42. The second-order valence-electron chi connectivity index (χ2n) is 7.04. The molecule has 156 valence electrons. The third-order valence-electron chi connectivity index (χ3n) is 5.26. The van der Waals surface area contributed by atoms with E-state index < -0.39 is 15.9 Å². The molecule has 0 bridgehead atoms. The summed E-state index contributed by atoms with van der Waals surface area (Å²) >= 11 is 0. The van der Waals surface area contributed by atoms with Gasteiger partial charge in [-0.2, -0.15) is 0 Å². The van der Waals surface area contributed by atoms with Crippen molar-refractivity contribution in [3.8, 4) is 5.75 Å². The SMILES string of the molecule is CCOc1ccc(S(=O)(=O)NCC2(c3ccccc3)CCOCC2)cc1C(N)=O. The number of ether oxygens (including phenoxy) is 2. The van der Waals surface area contributed by atoms with Crippen LogP contribution in [0, 0.1) is 0 Å². The first-order valence-electron chi connectivity index (χ1n) is 9.57. The van der Waals surface area contributed by atoms with E-state index in [9.17, 15) is 13.2 Å². The normalized spacial score (nSPS) is 16.3. The second kappa shape index (κ2) is 8.94. The Labute approximate surface area is 171 Å². The lowest BCUT2D eigenvalue weighted by Crippen LogP contribution is -2.44. The van der Waals surface area contributed by atoms with E-state index in [4.69, 9.17) is 15.2 Å². The Morgan fingerprint density at radius 1 is 1.17 bits per heavy atom. The molecule has 2 aromatic carbocycles. The van der Waals surface area contributed by atoms with E-state index >= 15 is 0 Å². The minimum atomic E-state index is -3.85. The van der Waals surface area contributed by atoms with E-state index in [-0.39, 0.29) is 28.2 Å². The number of carbonyl (C=O) groups excluding carboxylic acids is 1. The van der Waals surface area contributed by atoms with Gasteiger partial charge < -0.3 is 15.2 Å². The van der Waals surface area contributed by atoms with E-state index in [0.717, 1.165) is 18.4 Å². The Kier molecular flexibility index (Phi) is 6.56. The first-order valence-corrected chi connectivity index (χ1v) is 11.1. The zero-order chi connectivity index (χ0) is 20.9. The monoisotopic (exact) mass is 418 g/mol. The van der Waals surface area contributed by atoms with Gasteiger partial charge in [-0.15, -0.1) is 0 Å². The molecule has 1 heterocycles. The number of benzene rings is 2. The van der Waals surface area contributed by atoms with Gasteiger partial charge in [0.1, 0.15) is 5.75 Å². The molecule has 0 spiro atoms. The van der Waals surface area contributed by atoms with Crippen LogP contribution in [0.15, 0.2) is 53.4 Å². The minimum Gasteiger partial charge on any atom is -0.493 e. The van der Waals surface area contributed by atoms with Crippen molar-refractivity contribution >= 4 is 15.9 Å². The molecule has 0 unspecified atom stereocenters. The zero-order valence-corrected chi connectivity index (χ0v) is 17.2. The number of amides is 1. The van der Waals surface area contributed by atoms with Gasteiger partial charge in [0, 0.05) is 25.2 Å². The number of carbonyl (C=O) groups is 1. The Morgan fingerprint density at radius 2 is 1.86 bits per heavy atom. The van der Waals surface area contributed by atoms with E-state index in [0.29, 0.717) is 19.8 Å². The first-order chi connectivity index (χ1) is 13.9. The van der Waals surface area contributed by atoms with Crippen molar-refractivity contribution in [1.82, 2.24) is 4.72 Å². The molecule has 0 atom stereocenters. The third-order valence-corrected chi connectivity index (χ3v) is 6.66. The average molecular weight is 419 g/mol. The van der Waals surface area contributed by atoms with Crippen molar-refractivity contribution in [2.45, 2.75) is 30.1 Å². The predicted molar refractivity (Wildman–Crippen MR) is 109 cm³/mol. The van der Waals surface area contributed by atoms with Crippen LogP contribution in [0.1, 0.15) is 35.7 Å². The lowest BCUT2D eigenvalue weighted by atomic mass is 9.74. The first kappa shape index (κ1) is 21.3. The van der Waals surface area contributed by atoms with Crippen molar-refractivity contribution in [2.24, 2.45) is 5.73 Å². The van der Waals surface area contributed by atoms with Crippen LogP contribution in [0.4, 0.5) is 0 Å². The van der Waals surface area contributed by atoms with E-state index in [1.807, 2.05) is 30.3 Å². The number of sulfonamides is 1. The highest BCUT2D eigenvalue weighted by Crippen LogP contribution is 2.34. The number of rotatable bonds is 8. The summed E-state index contributed by atoms with van der Waals surface area (Å²) in [5.41, 5.74) is 6.17. The van der Waals surface area contributed by atoms with Crippen LogP contribution in [-0.4, -0.2) is 40.7 Å². The standard InChI is InChI=1S/C21H26N2O5S/c1-2-28-19-9-8-17(14-18(19)20(22)24)29(25,26)23-15-21(10-12-27-13-11-21)16-6-4-3-5-7-16/h3-9,14,23H,2,10-13,15H2,1H3,(H2,22,24). The van der Waals surface area contributed by atoms with Gasteiger partial charge in [-0.1, -0.05) is 30.3 Å². The highest BCUT2D eigenvalue weighted by atomic mass is 32.2. The molecule has 0 radical (unpaired) electrons. The van der Waals surface area contributed by atoms with E-state index in [1.165, 1.54) is 18.2 Å². The second-order valence-corrected chi connectivity index (χ2v) is 8.81. The molecule has 8 heteroatoms. The number of nitrogens with one attached hydrogen (secondary N) is 1. The molecular weight excluding hydrogens is 392 g/mol. The molecule has 1 aliphatic heterocycles. The molecule has 0 aromatic heterocycles. The number of nitrogens with two attached hydrogens (primary N) is 1. The topological polar surface area (TPSA) is 108 Å². The van der Waals surface area contributed by atoms with Gasteiger partial charge in [-0.3, -0.25) is 4.79 Å². The van der Waals surface area contributed by atoms with E-state index in [1.54, 1.807) is 6.92 Å². The van der Waals surface area contributed by atoms with Crippen molar-refractivity contribution < 1.29 is 22.7 Å². The molecule has 0 saturated carbocycles. The smallest absolute Gasteiger partial charge is 0.252 e. The Bertz CT molecular complexity index is 954. The lowest BCUT2D eigenvalue weighted by molar-refractivity contribution is 0.0517. The summed E-state index contributed by atoms with van der Waals surface area (Å²) in [5.74, 6) is -0.472. The quantitative estimate of drug-likeness (QED) is 0.683. The summed E-state index contributed by atoms with van der Waals surface area (Å²) in [4.78, 5) is 11.7. The molecule has 1 aliphatic rings. The predicted octanol–water partition coefficient (Wildman–Crippen LogP) is 2.21. The highest BCUT2D eigenvalue weighted by Gasteiger charge is 2.35. The van der Waals surface area contributed by atoms with E-state index in [2.05, 4.69) is 4.72 Å². The van der Waals surface area contributed by atoms with Gasteiger partial charge in [0.05, 0.1) is 17.1 Å². The summed E-state index contributed by atoms with van der Waals surface area (Å²) in [6, 6.07) is 14.0. The van der Waals surface area contributed by atoms with Gasteiger partial charge in [-0.25, -0.2) is 13.1 Å². The molecule has 29 heavy (non-hydrogen) atoms. The number of hydrogen-bond donors (Lipinski definition) is 2. The van der Waals surface area contributed by atoms with Crippen LogP contribution in [0.5, 0.6) is 5.75 Å². The molecule has 7 nitrogen and oxygen atoms in total. The molecule has 1 fully saturated rings. The largest absolute Gasteiger partial charge is 0.493 e. The maximum Gasteiger partial charge on any atom is 0.252 e. The van der Waals surface area contributed by atoms with Gasteiger partial charge in [0.2, 0.25) is 10.0 Å². The summed E-state index contributed by atoms with van der Waals surface area (Å²) < 4.78 is 39.5. The number of hydrogen-bond acceptors (Lipinski definition) is 5. The summed E-state index contributed by atoms with van der Waals surface area (Å²) in [6.07, 6.45) is 1.44. The molecule has 1 saturated heterocycles. The lowest BCUT2D eigenvalue weighted by Gasteiger charge is -2.37.